The first-order valence-electron chi connectivity index (χ1n) is 10.3. The zero-order valence-electron chi connectivity index (χ0n) is 17.3. The number of furan rings is 1. The Bertz CT molecular complexity index is 837. The van der Waals surface area contributed by atoms with Gasteiger partial charge < -0.3 is 24.2 Å². The van der Waals surface area contributed by atoms with Gasteiger partial charge in [0, 0.05) is 25.4 Å². The molecular formula is C23H28N2O5. The fraction of sp³-hybridized carbons (Fsp3) is 0.435. The Balaban J connectivity index is 1.36. The van der Waals surface area contributed by atoms with Crippen LogP contribution in [0.1, 0.15) is 37.5 Å². The standard InChI is InChI=1S/C23H28N2O5/c1-17(26)4-5-18-6-8-20(9-7-18)30-16-22(27)25-12-10-19(11-13-25)23(28)24-15-21-3-2-14-29-21/h2-3,6-9,14,19H,4-5,10-13,15-16H2,1H3,(H,24,28). The lowest BCUT2D eigenvalue weighted by Gasteiger charge is -2.31. The maximum atomic E-state index is 12.4. The van der Waals surface area contributed by atoms with E-state index in [2.05, 4.69) is 5.32 Å². The number of ether oxygens (including phenoxy) is 1. The fourth-order valence-electron chi connectivity index (χ4n) is 3.43. The van der Waals surface area contributed by atoms with Crippen molar-refractivity contribution >= 4 is 17.6 Å². The molecule has 30 heavy (non-hydrogen) atoms. The van der Waals surface area contributed by atoms with Crippen LogP contribution in [0.25, 0.3) is 0 Å². The quantitative estimate of drug-likeness (QED) is 0.684. The molecule has 1 aromatic carbocycles. The van der Waals surface area contributed by atoms with E-state index in [0.29, 0.717) is 51.1 Å². The molecule has 0 radical (unpaired) electrons. The predicted molar refractivity (Wildman–Crippen MR) is 111 cm³/mol. The molecule has 7 heteroatoms. The van der Waals surface area contributed by atoms with E-state index in [1.807, 2.05) is 30.3 Å². The zero-order chi connectivity index (χ0) is 21.3. The molecule has 0 bridgehead atoms. The topological polar surface area (TPSA) is 88.9 Å². The molecular weight excluding hydrogens is 384 g/mol. The number of rotatable bonds is 9. The average molecular weight is 412 g/mol. The molecule has 0 spiro atoms. The van der Waals surface area contributed by atoms with E-state index in [1.165, 1.54) is 0 Å². The van der Waals surface area contributed by atoms with E-state index in [9.17, 15) is 14.4 Å². The number of nitrogens with one attached hydrogen (secondary N) is 1. The van der Waals surface area contributed by atoms with Crippen LogP contribution < -0.4 is 10.1 Å². The second-order valence-corrected chi connectivity index (χ2v) is 7.59. The molecule has 160 valence electrons. The highest BCUT2D eigenvalue weighted by molar-refractivity contribution is 5.80. The number of hydrogen-bond acceptors (Lipinski definition) is 5. The van der Waals surface area contributed by atoms with Crippen LogP contribution in [0.4, 0.5) is 0 Å². The van der Waals surface area contributed by atoms with Crippen molar-refractivity contribution in [2.45, 2.75) is 39.2 Å². The Kier molecular flexibility index (Phi) is 7.65. The third-order valence-electron chi connectivity index (χ3n) is 5.29. The first kappa shape index (κ1) is 21.6. The molecule has 3 rings (SSSR count). The van der Waals surface area contributed by atoms with E-state index in [-0.39, 0.29) is 30.1 Å². The van der Waals surface area contributed by atoms with Crippen LogP contribution in [0, 0.1) is 5.92 Å². The summed E-state index contributed by atoms with van der Waals surface area (Å²) in [5.74, 6) is 1.35. The van der Waals surface area contributed by atoms with Crippen molar-refractivity contribution in [3.05, 3.63) is 54.0 Å². The first-order valence-corrected chi connectivity index (χ1v) is 10.3. The van der Waals surface area contributed by atoms with Gasteiger partial charge in [0.05, 0.1) is 12.8 Å². The Morgan fingerprint density at radius 3 is 2.50 bits per heavy atom. The highest BCUT2D eigenvalue weighted by Crippen LogP contribution is 2.19. The minimum absolute atomic E-state index is 0.000359. The summed E-state index contributed by atoms with van der Waals surface area (Å²) in [5.41, 5.74) is 1.07. The number of nitrogens with zero attached hydrogens (tertiary/aromatic N) is 1. The SMILES string of the molecule is CC(=O)CCc1ccc(OCC(=O)N2CCC(C(=O)NCc3ccco3)CC2)cc1. The summed E-state index contributed by atoms with van der Waals surface area (Å²) in [6.45, 7) is 3.03. The van der Waals surface area contributed by atoms with Crippen LogP contribution in [0.3, 0.4) is 0 Å². The molecule has 1 N–H and O–H groups in total. The summed E-state index contributed by atoms with van der Waals surface area (Å²) in [7, 11) is 0. The Morgan fingerprint density at radius 1 is 1.13 bits per heavy atom. The number of amides is 2. The van der Waals surface area contributed by atoms with Gasteiger partial charge in [-0.15, -0.1) is 0 Å². The second-order valence-electron chi connectivity index (χ2n) is 7.59. The van der Waals surface area contributed by atoms with Crippen molar-refractivity contribution in [1.29, 1.82) is 0 Å². The maximum Gasteiger partial charge on any atom is 0.260 e. The summed E-state index contributed by atoms with van der Waals surface area (Å²) in [4.78, 5) is 37.5. The van der Waals surface area contributed by atoms with Gasteiger partial charge in [-0.05, 0) is 56.0 Å². The van der Waals surface area contributed by atoms with Crippen molar-refractivity contribution in [2.24, 2.45) is 5.92 Å². The summed E-state index contributed by atoms with van der Waals surface area (Å²) >= 11 is 0. The van der Waals surface area contributed by atoms with Crippen LogP contribution in [-0.2, 0) is 27.3 Å². The van der Waals surface area contributed by atoms with Gasteiger partial charge in [-0.2, -0.15) is 0 Å². The van der Waals surface area contributed by atoms with Crippen LogP contribution in [-0.4, -0.2) is 42.2 Å². The van der Waals surface area contributed by atoms with Gasteiger partial charge in [0.15, 0.2) is 6.61 Å². The zero-order valence-corrected chi connectivity index (χ0v) is 17.3. The molecule has 2 aromatic rings. The number of likely N-dealkylation sites (tertiary alicyclic amines) is 1. The van der Waals surface area contributed by atoms with Gasteiger partial charge in [0.2, 0.25) is 5.91 Å². The van der Waals surface area contributed by atoms with E-state index in [4.69, 9.17) is 9.15 Å². The molecule has 1 aliphatic heterocycles. The number of benzene rings is 1. The molecule has 0 atom stereocenters. The van der Waals surface area contributed by atoms with Crippen LogP contribution in [0.5, 0.6) is 5.75 Å². The van der Waals surface area contributed by atoms with Gasteiger partial charge in [0.1, 0.15) is 17.3 Å². The van der Waals surface area contributed by atoms with E-state index in [0.717, 1.165) is 11.3 Å². The van der Waals surface area contributed by atoms with Crippen molar-refractivity contribution in [2.75, 3.05) is 19.7 Å². The third kappa shape index (κ3) is 6.47. The lowest BCUT2D eigenvalue weighted by atomic mass is 9.96. The molecule has 1 aromatic heterocycles. The normalized spacial score (nSPS) is 14.4. The molecule has 2 heterocycles. The number of carbonyl (C=O) groups excluding carboxylic acids is 3. The summed E-state index contributed by atoms with van der Waals surface area (Å²) < 4.78 is 10.8. The first-order chi connectivity index (χ1) is 14.5. The highest BCUT2D eigenvalue weighted by Gasteiger charge is 2.27. The number of piperidine rings is 1. The summed E-state index contributed by atoms with van der Waals surface area (Å²) in [6, 6.07) is 11.1. The van der Waals surface area contributed by atoms with Crippen molar-refractivity contribution < 1.29 is 23.5 Å². The second kappa shape index (κ2) is 10.6. The Hall–Kier alpha value is -3.09. The Labute approximate surface area is 176 Å². The molecule has 0 aliphatic carbocycles. The van der Waals surface area contributed by atoms with Crippen molar-refractivity contribution in [1.82, 2.24) is 10.2 Å². The molecule has 7 nitrogen and oxygen atoms in total. The maximum absolute atomic E-state index is 12.4. The van der Waals surface area contributed by atoms with Crippen LogP contribution in [0.2, 0.25) is 0 Å². The molecule has 0 unspecified atom stereocenters. The van der Waals surface area contributed by atoms with Gasteiger partial charge >= 0.3 is 0 Å². The van der Waals surface area contributed by atoms with Crippen molar-refractivity contribution in [3.8, 4) is 5.75 Å². The number of hydrogen-bond donors (Lipinski definition) is 1. The number of aryl methyl sites for hydroxylation is 1. The van der Waals surface area contributed by atoms with E-state index >= 15 is 0 Å². The van der Waals surface area contributed by atoms with Crippen molar-refractivity contribution in [3.63, 3.8) is 0 Å². The lowest BCUT2D eigenvalue weighted by molar-refractivity contribution is -0.137. The molecule has 1 fully saturated rings. The van der Waals surface area contributed by atoms with Gasteiger partial charge in [0.25, 0.3) is 5.91 Å². The average Bonchev–Trinajstić information content (AvgIpc) is 3.29. The van der Waals surface area contributed by atoms with E-state index in [1.54, 1.807) is 24.2 Å². The minimum atomic E-state index is -0.0903. The largest absolute Gasteiger partial charge is 0.484 e. The predicted octanol–water partition coefficient (Wildman–Crippen LogP) is 2.74. The monoisotopic (exact) mass is 412 g/mol. The van der Waals surface area contributed by atoms with Crippen LogP contribution >= 0.6 is 0 Å². The van der Waals surface area contributed by atoms with Gasteiger partial charge in [-0.3, -0.25) is 9.59 Å². The fourth-order valence-corrected chi connectivity index (χ4v) is 3.43. The van der Waals surface area contributed by atoms with Gasteiger partial charge in [-0.25, -0.2) is 0 Å². The lowest BCUT2D eigenvalue weighted by Crippen LogP contribution is -2.44. The Morgan fingerprint density at radius 2 is 1.87 bits per heavy atom. The smallest absolute Gasteiger partial charge is 0.260 e. The van der Waals surface area contributed by atoms with Crippen LogP contribution in [0.15, 0.2) is 47.1 Å². The number of Topliss-reactive ketones (excluding diaryl/α,β-unsaturated/α-hetero) is 1. The highest BCUT2D eigenvalue weighted by atomic mass is 16.5. The molecule has 1 aliphatic rings. The number of carbonyl (C=O) groups is 3. The third-order valence-corrected chi connectivity index (χ3v) is 5.29. The minimum Gasteiger partial charge on any atom is -0.484 e. The molecule has 2 amide bonds. The summed E-state index contributed by atoms with van der Waals surface area (Å²) in [5, 5.41) is 2.89. The van der Waals surface area contributed by atoms with Gasteiger partial charge in [-0.1, -0.05) is 12.1 Å². The summed E-state index contributed by atoms with van der Waals surface area (Å²) in [6.07, 6.45) is 4.09. The molecule has 0 saturated carbocycles. The molecule has 1 saturated heterocycles. The van der Waals surface area contributed by atoms with E-state index < -0.39 is 0 Å². The number of ketones is 1.